The Morgan fingerprint density at radius 1 is 1.33 bits per heavy atom. The zero-order valence-corrected chi connectivity index (χ0v) is 12.7. The highest BCUT2D eigenvalue weighted by Gasteiger charge is 2.29. The molecule has 0 bridgehead atoms. The number of benzene rings is 1. The normalized spacial score (nSPS) is 25.5. The Hall–Kier alpha value is -1.39. The van der Waals surface area contributed by atoms with Gasteiger partial charge in [0.05, 0.1) is 12.5 Å². The van der Waals surface area contributed by atoms with Gasteiger partial charge in [-0.05, 0) is 44.4 Å². The van der Waals surface area contributed by atoms with E-state index in [9.17, 15) is 4.79 Å². The minimum Gasteiger partial charge on any atom is -0.378 e. The van der Waals surface area contributed by atoms with Gasteiger partial charge in [-0.15, -0.1) is 0 Å². The van der Waals surface area contributed by atoms with Gasteiger partial charge in [-0.3, -0.25) is 4.79 Å². The minimum absolute atomic E-state index is 0.112. The van der Waals surface area contributed by atoms with Crippen molar-refractivity contribution in [1.82, 2.24) is 5.32 Å². The van der Waals surface area contributed by atoms with Crippen molar-refractivity contribution in [2.75, 3.05) is 25.1 Å². The molecule has 4 nitrogen and oxygen atoms in total. The molecule has 2 unspecified atom stereocenters. The highest BCUT2D eigenvalue weighted by atomic mass is 16.5. The molecule has 1 fully saturated rings. The summed E-state index contributed by atoms with van der Waals surface area (Å²) in [5, 5.41) is 3.34. The monoisotopic (exact) mass is 288 g/mol. The average molecular weight is 288 g/mol. The highest BCUT2D eigenvalue weighted by Crippen LogP contribution is 2.34. The van der Waals surface area contributed by atoms with Gasteiger partial charge in [0.2, 0.25) is 5.91 Å². The Kier molecular flexibility index (Phi) is 4.56. The van der Waals surface area contributed by atoms with Crippen molar-refractivity contribution in [1.29, 1.82) is 0 Å². The minimum atomic E-state index is 0.112. The number of nitrogens with one attached hydrogen (secondary N) is 1. The van der Waals surface area contributed by atoms with E-state index in [4.69, 9.17) is 4.74 Å². The summed E-state index contributed by atoms with van der Waals surface area (Å²) in [7, 11) is 1.98. The van der Waals surface area contributed by atoms with E-state index < -0.39 is 0 Å². The van der Waals surface area contributed by atoms with Gasteiger partial charge >= 0.3 is 0 Å². The van der Waals surface area contributed by atoms with E-state index in [-0.39, 0.29) is 12.0 Å². The van der Waals surface area contributed by atoms with E-state index in [1.165, 1.54) is 12.0 Å². The van der Waals surface area contributed by atoms with Crippen LogP contribution in [0.1, 0.15) is 43.7 Å². The van der Waals surface area contributed by atoms with Crippen LogP contribution in [0.2, 0.25) is 0 Å². The zero-order chi connectivity index (χ0) is 14.7. The van der Waals surface area contributed by atoms with Gasteiger partial charge in [0, 0.05) is 24.9 Å². The molecule has 2 heterocycles. The molecule has 1 amide bonds. The molecule has 0 aliphatic carbocycles. The molecule has 3 rings (SSSR count). The van der Waals surface area contributed by atoms with E-state index in [0.29, 0.717) is 12.5 Å². The van der Waals surface area contributed by atoms with Crippen molar-refractivity contribution < 1.29 is 9.53 Å². The first-order chi connectivity index (χ1) is 10.3. The third-order valence-corrected chi connectivity index (χ3v) is 4.57. The molecule has 1 aromatic carbocycles. The fourth-order valence-electron chi connectivity index (χ4n) is 3.39. The van der Waals surface area contributed by atoms with Gasteiger partial charge in [0.1, 0.15) is 0 Å². The lowest BCUT2D eigenvalue weighted by molar-refractivity contribution is -0.122. The van der Waals surface area contributed by atoms with Crippen molar-refractivity contribution in [2.24, 2.45) is 0 Å². The molecule has 2 atom stereocenters. The van der Waals surface area contributed by atoms with E-state index in [1.54, 1.807) is 0 Å². The summed E-state index contributed by atoms with van der Waals surface area (Å²) in [4.78, 5) is 14.6. The number of para-hydroxylation sites is 1. The van der Waals surface area contributed by atoms with Gasteiger partial charge in [0.25, 0.3) is 0 Å². The average Bonchev–Trinajstić information content (AvgIpc) is 2.54. The molecule has 1 N–H and O–H groups in total. The summed E-state index contributed by atoms with van der Waals surface area (Å²) >= 11 is 0. The van der Waals surface area contributed by atoms with E-state index in [2.05, 4.69) is 17.4 Å². The number of nitrogens with zero attached hydrogens (tertiary/aromatic N) is 1. The van der Waals surface area contributed by atoms with Crippen molar-refractivity contribution in [3.05, 3.63) is 29.8 Å². The maximum atomic E-state index is 12.6. The quantitative estimate of drug-likeness (QED) is 0.929. The molecular weight excluding hydrogens is 264 g/mol. The molecular formula is C17H24N2O2. The van der Waals surface area contributed by atoms with Crippen molar-refractivity contribution >= 4 is 11.6 Å². The number of carbonyl (C=O) groups is 1. The van der Waals surface area contributed by atoms with Crippen LogP contribution < -0.4 is 10.2 Å². The highest BCUT2D eigenvalue weighted by molar-refractivity contribution is 5.95. The van der Waals surface area contributed by atoms with Crippen LogP contribution >= 0.6 is 0 Å². The number of carbonyl (C=O) groups excluding carboxylic acids is 1. The van der Waals surface area contributed by atoms with Crippen LogP contribution in [0.15, 0.2) is 24.3 Å². The Morgan fingerprint density at radius 3 is 2.95 bits per heavy atom. The van der Waals surface area contributed by atoms with Gasteiger partial charge in [0.15, 0.2) is 0 Å². The van der Waals surface area contributed by atoms with Crippen molar-refractivity contribution in [3.8, 4) is 0 Å². The van der Waals surface area contributed by atoms with E-state index in [0.717, 1.165) is 38.1 Å². The molecule has 0 radical (unpaired) electrons. The van der Waals surface area contributed by atoms with Crippen LogP contribution in [0.4, 0.5) is 5.69 Å². The maximum absolute atomic E-state index is 12.6. The second-order valence-electron chi connectivity index (χ2n) is 5.93. The number of amides is 1. The molecule has 1 aromatic rings. The summed E-state index contributed by atoms with van der Waals surface area (Å²) in [6, 6.07) is 8.57. The third-order valence-electron chi connectivity index (χ3n) is 4.57. The molecule has 21 heavy (non-hydrogen) atoms. The molecule has 4 heteroatoms. The molecule has 0 saturated carbocycles. The Balaban J connectivity index is 1.74. The lowest BCUT2D eigenvalue weighted by Gasteiger charge is -2.35. The number of anilines is 1. The Bertz CT molecular complexity index is 497. The van der Waals surface area contributed by atoms with Gasteiger partial charge < -0.3 is 15.0 Å². The summed E-state index contributed by atoms with van der Waals surface area (Å²) < 4.78 is 5.71. The standard InChI is InChI=1S/C17H24N2O2/c1-18-15-9-10-19(16-8-3-2-7-14(15)16)17(20)12-13-6-4-5-11-21-13/h2-3,7-8,13,15,18H,4-6,9-12H2,1H3. The SMILES string of the molecule is CNC1CCN(C(=O)CC2CCCCO2)c2ccccc21. The van der Waals surface area contributed by atoms with Gasteiger partial charge in [-0.1, -0.05) is 18.2 Å². The van der Waals surface area contributed by atoms with Crippen LogP contribution in [0.5, 0.6) is 0 Å². The van der Waals surface area contributed by atoms with Gasteiger partial charge in [-0.25, -0.2) is 0 Å². The van der Waals surface area contributed by atoms with Crippen LogP contribution in [-0.2, 0) is 9.53 Å². The molecule has 0 aromatic heterocycles. The lowest BCUT2D eigenvalue weighted by Crippen LogP contribution is -2.40. The number of fused-ring (bicyclic) bond motifs is 1. The van der Waals surface area contributed by atoms with Gasteiger partial charge in [-0.2, -0.15) is 0 Å². The van der Waals surface area contributed by atoms with E-state index in [1.807, 2.05) is 24.1 Å². The summed E-state index contributed by atoms with van der Waals surface area (Å²) in [6.07, 6.45) is 4.90. The largest absolute Gasteiger partial charge is 0.378 e. The molecule has 0 spiro atoms. The maximum Gasteiger partial charge on any atom is 0.229 e. The van der Waals surface area contributed by atoms with Crippen LogP contribution in [0.3, 0.4) is 0 Å². The van der Waals surface area contributed by atoms with Crippen LogP contribution in [0.25, 0.3) is 0 Å². The van der Waals surface area contributed by atoms with Crippen LogP contribution in [0, 0.1) is 0 Å². The fourth-order valence-corrected chi connectivity index (χ4v) is 3.39. The fraction of sp³-hybridized carbons (Fsp3) is 0.588. The third kappa shape index (κ3) is 3.11. The number of hydrogen-bond donors (Lipinski definition) is 1. The molecule has 1 saturated heterocycles. The van der Waals surface area contributed by atoms with Crippen molar-refractivity contribution in [2.45, 2.75) is 44.2 Å². The predicted molar refractivity (Wildman–Crippen MR) is 83.4 cm³/mol. The summed E-state index contributed by atoms with van der Waals surface area (Å²) in [5.74, 6) is 0.198. The first-order valence-electron chi connectivity index (χ1n) is 7.97. The Labute approximate surface area is 126 Å². The first-order valence-corrected chi connectivity index (χ1v) is 7.97. The van der Waals surface area contributed by atoms with E-state index >= 15 is 0 Å². The summed E-state index contributed by atoms with van der Waals surface area (Å²) in [5.41, 5.74) is 2.29. The smallest absolute Gasteiger partial charge is 0.229 e. The van der Waals surface area contributed by atoms with Crippen molar-refractivity contribution in [3.63, 3.8) is 0 Å². The number of hydrogen-bond acceptors (Lipinski definition) is 3. The second-order valence-corrected chi connectivity index (χ2v) is 5.93. The number of rotatable bonds is 3. The molecule has 2 aliphatic rings. The Morgan fingerprint density at radius 2 is 2.19 bits per heavy atom. The predicted octanol–water partition coefficient (Wildman–Crippen LogP) is 2.64. The first kappa shape index (κ1) is 14.5. The van der Waals surface area contributed by atoms with Crippen LogP contribution in [-0.4, -0.2) is 32.2 Å². The number of ether oxygens (including phenoxy) is 1. The molecule has 114 valence electrons. The zero-order valence-electron chi connectivity index (χ0n) is 12.7. The second kappa shape index (κ2) is 6.58. The summed E-state index contributed by atoms with van der Waals surface area (Å²) in [6.45, 7) is 1.59. The topological polar surface area (TPSA) is 41.6 Å². The molecule has 2 aliphatic heterocycles. The lowest BCUT2D eigenvalue weighted by atomic mass is 9.95.